The van der Waals surface area contributed by atoms with Crippen molar-refractivity contribution in [3.05, 3.63) is 64.7 Å². The minimum Gasteiger partial charge on any atom is -0.491 e. The van der Waals surface area contributed by atoms with Crippen molar-refractivity contribution >= 4 is 0 Å². The van der Waals surface area contributed by atoms with E-state index in [2.05, 4.69) is 6.92 Å². The summed E-state index contributed by atoms with van der Waals surface area (Å²) in [6.07, 6.45) is 2.07. The van der Waals surface area contributed by atoms with Crippen molar-refractivity contribution in [3.8, 4) is 5.75 Å². The number of aryl methyl sites for hydroxylation is 1. The van der Waals surface area contributed by atoms with E-state index in [4.69, 9.17) is 4.74 Å². The van der Waals surface area contributed by atoms with Crippen LogP contribution >= 0.6 is 0 Å². The van der Waals surface area contributed by atoms with Crippen LogP contribution in [0.3, 0.4) is 0 Å². The molecule has 2 aromatic rings. The molecule has 0 bridgehead atoms. The molecule has 3 rings (SSSR count). The summed E-state index contributed by atoms with van der Waals surface area (Å²) in [6.45, 7) is 3.95. The fourth-order valence-electron chi connectivity index (χ4n) is 4.16. The minimum atomic E-state index is -2.98. The van der Waals surface area contributed by atoms with Gasteiger partial charge in [-0.2, -0.15) is 4.39 Å². The third kappa shape index (κ3) is 4.18. The second-order valence-electron chi connectivity index (χ2n) is 7.50. The van der Waals surface area contributed by atoms with Crippen LogP contribution in [0.15, 0.2) is 36.4 Å². The quantitative estimate of drug-likeness (QED) is 0.479. The molecule has 0 aromatic heterocycles. The molecular formula is C23H26F4O. The summed E-state index contributed by atoms with van der Waals surface area (Å²) < 4.78 is 63.5. The summed E-state index contributed by atoms with van der Waals surface area (Å²) in [5.74, 6) is -6.94. The normalized spacial score (nSPS) is 21.5. The Morgan fingerprint density at radius 3 is 2.29 bits per heavy atom. The van der Waals surface area contributed by atoms with Gasteiger partial charge in [-0.3, -0.25) is 0 Å². The van der Waals surface area contributed by atoms with Crippen molar-refractivity contribution in [1.29, 1.82) is 0 Å². The molecule has 0 N–H and O–H groups in total. The number of hydrogen-bond donors (Lipinski definition) is 0. The number of benzene rings is 2. The molecule has 1 aliphatic rings. The summed E-state index contributed by atoms with van der Waals surface area (Å²) in [4.78, 5) is 0. The van der Waals surface area contributed by atoms with E-state index in [1.165, 1.54) is 12.1 Å². The van der Waals surface area contributed by atoms with Gasteiger partial charge in [0.15, 0.2) is 11.6 Å². The number of hydrogen-bond acceptors (Lipinski definition) is 1. The summed E-state index contributed by atoms with van der Waals surface area (Å²) in [6, 6.07) is 10.1. The predicted octanol–water partition coefficient (Wildman–Crippen LogP) is 7.00. The monoisotopic (exact) mass is 394 g/mol. The highest BCUT2D eigenvalue weighted by Crippen LogP contribution is 2.50. The molecule has 2 atom stereocenters. The van der Waals surface area contributed by atoms with Crippen molar-refractivity contribution in [2.75, 3.05) is 6.61 Å². The smallest absolute Gasteiger partial charge is 0.255 e. The van der Waals surface area contributed by atoms with E-state index in [1.807, 2.05) is 12.1 Å². The molecule has 1 saturated carbocycles. The first-order valence-corrected chi connectivity index (χ1v) is 9.94. The van der Waals surface area contributed by atoms with Crippen LogP contribution in [-0.2, 0) is 6.42 Å². The van der Waals surface area contributed by atoms with Gasteiger partial charge in [0.05, 0.1) is 6.61 Å². The average Bonchev–Trinajstić information content (AvgIpc) is 2.66. The summed E-state index contributed by atoms with van der Waals surface area (Å²) >= 11 is 0. The lowest BCUT2D eigenvalue weighted by atomic mass is 9.73. The first-order valence-electron chi connectivity index (χ1n) is 9.94. The van der Waals surface area contributed by atoms with E-state index >= 15 is 0 Å². The third-order valence-electron chi connectivity index (χ3n) is 5.57. The lowest BCUT2D eigenvalue weighted by Gasteiger charge is -2.36. The van der Waals surface area contributed by atoms with Crippen LogP contribution in [0, 0.1) is 11.6 Å². The Morgan fingerprint density at radius 2 is 1.68 bits per heavy atom. The van der Waals surface area contributed by atoms with Crippen LogP contribution in [0.5, 0.6) is 5.75 Å². The number of rotatable bonds is 6. The fraction of sp³-hybridized carbons (Fsp3) is 0.478. The highest BCUT2D eigenvalue weighted by Gasteiger charge is 2.46. The SMILES string of the molecule is CCCc1ccc(C2CCC(c3ccc(OCC)c(F)c3F)CC2(F)F)cc1. The van der Waals surface area contributed by atoms with Gasteiger partial charge in [0.1, 0.15) is 0 Å². The Bertz CT molecular complexity index is 801. The van der Waals surface area contributed by atoms with Gasteiger partial charge in [0, 0.05) is 12.3 Å². The molecular weight excluding hydrogens is 368 g/mol. The number of ether oxygens (including phenoxy) is 1. The molecule has 1 aliphatic carbocycles. The number of halogens is 4. The first kappa shape index (κ1) is 20.7. The van der Waals surface area contributed by atoms with E-state index < -0.39 is 35.8 Å². The molecule has 1 nitrogen and oxygen atoms in total. The van der Waals surface area contributed by atoms with Gasteiger partial charge in [0.25, 0.3) is 5.92 Å². The van der Waals surface area contributed by atoms with Crippen LogP contribution in [0.1, 0.15) is 68.1 Å². The zero-order valence-corrected chi connectivity index (χ0v) is 16.3. The molecule has 0 saturated heterocycles. The standard InChI is InChI=1S/C23H26F4O/c1-3-5-15-6-8-16(9-7-15)19-12-10-17(14-23(19,26)27)18-11-13-20(28-4-2)22(25)21(18)24/h6-9,11,13,17,19H,3-5,10,12,14H2,1-2H3. The van der Waals surface area contributed by atoms with Gasteiger partial charge < -0.3 is 4.74 Å². The molecule has 0 heterocycles. The Hall–Kier alpha value is -2.04. The third-order valence-corrected chi connectivity index (χ3v) is 5.57. The van der Waals surface area contributed by atoms with Crippen molar-refractivity contribution in [1.82, 2.24) is 0 Å². The van der Waals surface area contributed by atoms with Crippen LogP contribution in [0.4, 0.5) is 17.6 Å². The van der Waals surface area contributed by atoms with Gasteiger partial charge in [-0.25, -0.2) is 13.2 Å². The predicted molar refractivity (Wildman–Crippen MR) is 102 cm³/mol. The lowest BCUT2D eigenvalue weighted by molar-refractivity contribution is -0.0618. The van der Waals surface area contributed by atoms with Gasteiger partial charge >= 0.3 is 0 Å². The van der Waals surface area contributed by atoms with Gasteiger partial charge in [-0.05, 0) is 54.9 Å². The zero-order chi connectivity index (χ0) is 20.3. The van der Waals surface area contributed by atoms with Crippen LogP contribution in [0.2, 0.25) is 0 Å². The van der Waals surface area contributed by atoms with Gasteiger partial charge in [-0.1, -0.05) is 43.7 Å². The second kappa shape index (κ2) is 8.54. The molecule has 2 aromatic carbocycles. The molecule has 0 spiro atoms. The molecule has 0 radical (unpaired) electrons. The molecule has 0 amide bonds. The molecule has 28 heavy (non-hydrogen) atoms. The Morgan fingerprint density at radius 1 is 0.964 bits per heavy atom. The topological polar surface area (TPSA) is 9.23 Å². The van der Waals surface area contributed by atoms with E-state index in [-0.39, 0.29) is 24.3 Å². The lowest BCUT2D eigenvalue weighted by Crippen LogP contribution is -2.33. The molecule has 5 heteroatoms. The summed E-state index contributed by atoms with van der Waals surface area (Å²) in [5.41, 5.74) is 1.76. The maximum absolute atomic E-state index is 14.9. The Balaban J connectivity index is 1.79. The maximum atomic E-state index is 14.9. The molecule has 152 valence electrons. The Kier molecular flexibility index (Phi) is 6.31. The number of alkyl halides is 2. The average molecular weight is 394 g/mol. The van der Waals surface area contributed by atoms with Crippen LogP contribution in [-0.4, -0.2) is 12.5 Å². The highest BCUT2D eigenvalue weighted by atomic mass is 19.3. The van der Waals surface area contributed by atoms with Crippen LogP contribution < -0.4 is 4.74 Å². The summed E-state index contributed by atoms with van der Waals surface area (Å²) in [7, 11) is 0. The van der Waals surface area contributed by atoms with Crippen molar-refractivity contribution in [2.45, 2.75) is 63.7 Å². The minimum absolute atomic E-state index is 0.0115. The van der Waals surface area contributed by atoms with E-state index in [1.54, 1.807) is 19.1 Å². The fourth-order valence-corrected chi connectivity index (χ4v) is 4.16. The van der Waals surface area contributed by atoms with Crippen molar-refractivity contribution in [3.63, 3.8) is 0 Å². The first-order chi connectivity index (χ1) is 13.4. The van der Waals surface area contributed by atoms with Gasteiger partial charge in [0.2, 0.25) is 5.82 Å². The molecule has 0 aliphatic heterocycles. The van der Waals surface area contributed by atoms with Gasteiger partial charge in [-0.15, -0.1) is 0 Å². The largest absolute Gasteiger partial charge is 0.491 e. The maximum Gasteiger partial charge on any atom is 0.255 e. The van der Waals surface area contributed by atoms with E-state index in [0.29, 0.717) is 12.0 Å². The highest BCUT2D eigenvalue weighted by molar-refractivity contribution is 5.35. The van der Waals surface area contributed by atoms with Crippen LogP contribution in [0.25, 0.3) is 0 Å². The van der Waals surface area contributed by atoms with E-state index in [9.17, 15) is 17.6 Å². The zero-order valence-electron chi connectivity index (χ0n) is 16.3. The second-order valence-corrected chi connectivity index (χ2v) is 7.50. The molecule has 2 unspecified atom stereocenters. The van der Waals surface area contributed by atoms with Crippen molar-refractivity contribution in [2.24, 2.45) is 0 Å². The Labute approximate surface area is 163 Å². The summed E-state index contributed by atoms with van der Waals surface area (Å²) in [5, 5.41) is 0. The van der Waals surface area contributed by atoms with E-state index in [0.717, 1.165) is 18.4 Å². The van der Waals surface area contributed by atoms with Crippen molar-refractivity contribution < 1.29 is 22.3 Å². The molecule has 1 fully saturated rings.